The van der Waals surface area contributed by atoms with E-state index in [1.165, 1.54) is 11.1 Å². The Morgan fingerprint density at radius 2 is 1.70 bits per heavy atom. The topological polar surface area (TPSA) is 35.2 Å². The number of nitrogens with two attached hydrogens (primary N) is 1. The number of methoxy groups -OCH3 is 1. The van der Waals surface area contributed by atoms with E-state index < -0.39 is 0 Å². The highest BCUT2D eigenvalue weighted by atomic mass is 79.9. The maximum absolute atomic E-state index is 6.45. The molecule has 2 aromatic carbocycles. The van der Waals surface area contributed by atoms with Crippen LogP contribution in [0.25, 0.3) is 0 Å². The maximum Gasteiger partial charge on any atom is 0.123 e. The van der Waals surface area contributed by atoms with Gasteiger partial charge >= 0.3 is 0 Å². The first-order valence-electron chi connectivity index (χ1n) is 6.29. The molecular formula is C16H17Br2NO. The van der Waals surface area contributed by atoms with Gasteiger partial charge in [0.1, 0.15) is 5.75 Å². The Kier molecular flexibility index (Phi) is 4.89. The lowest BCUT2D eigenvalue weighted by Crippen LogP contribution is -2.14. The standard InChI is InChI=1S/C16H17Br2NO/c1-9-4-5-15(20-3)12(6-9)16(19)11-8-13(17)10(2)7-14(11)18/h4-8,16H,19H2,1-3H3. The third-order valence-electron chi connectivity index (χ3n) is 3.33. The van der Waals surface area contributed by atoms with Gasteiger partial charge in [0.2, 0.25) is 0 Å². The van der Waals surface area contributed by atoms with Crippen molar-refractivity contribution in [1.29, 1.82) is 0 Å². The van der Waals surface area contributed by atoms with Gasteiger partial charge in [0.05, 0.1) is 13.2 Å². The highest BCUT2D eigenvalue weighted by Gasteiger charge is 2.18. The van der Waals surface area contributed by atoms with Crippen LogP contribution < -0.4 is 10.5 Å². The number of hydrogen-bond acceptors (Lipinski definition) is 2. The van der Waals surface area contributed by atoms with Crippen LogP contribution in [0.2, 0.25) is 0 Å². The van der Waals surface area contributed by atoms with Gasteiger partial charge in [-0.15, -0.1) is 0 Å². The maximum atomic E-state index is 6.45. The van der Waals surface area contributed by atoms with Crippen molar-refractivity contribution < 1.29 is 4.74 Å². The summed E-state index contributed by atoms with van der Waals surface area (Å²) in [5.41, 5.74) is 10.8. The summed E-state index contributed by atoms with van der Waals surface area (Å²) in [6.07, 6.45) is 0. The number of benzene rings is 2. The third kappa shape index (κ3) is 3.08. The zero-order valence-corrected chi connectivity index (χ0v) is 14.9. The van der Waals surface area contributed by atoms with Crippen LogP contribution in [0, 0.1) is 13.8 Å². The molecule has 2 nitrogen and oxygen atoms in total. The van der Waals surface area contributed by atoms with E-state index in [9.17, 15) is 0 Å². The van der Waals surface area contributed by atoms with E-state index in [-0.39, 0.29) is 6.04 Å². The van der Waals surface area contributed by atoms with Gasteiger partial charge in [-0.3, -0.25) is 0 Å². The predicted octanol–water partition coefficient (Wildman–Crippen LogP) is 4.89. The average Bonchev–Trinajstić information content (AvgIpc) is 2.42. The molecule has 0 aromatic heterocycles. The molecule has 0 saturated carbocycles. The van der Waals surface area contributed by atoms with Gasteiger partial charge in [0, 0.05) is 14.5 Å². The average molecular weight is 399 g/mol. The van der Waals surface area contributed by atoms with E-state index >= 15 is 0 Å². The first-order chi connectivity index (χ1) is 9.43. The molecule has 2 N–H and O–H groups in total. The van der Waals surface area contributed by atoms with E-state index in [0.29, 0.717) is 0 Å². The molecule has 0 heterocycles. The van der Waals surface area contributed by atoms with Gasteiger partial charge in [-0.25, -0.2) is 0 Å². The number of halogens is 2. The number of aryl methyl sites for hydroxylation is 2. The second-order valence-corrected chi connectivity index (χ2v) is 6.55. The van der Waals surface area contributed by atoms with Gasteiger partial charge in [0.25, 0.3) is 0 Å². The van der Waals surface area contributed by atoms with Crippen LogP contribution in [0.4, 0.5) is 0 Å². The molecule has 0 bridgehead atoms. The highest BCUT2D eigenvalue weighted by molar-refractivity contribution is 9.11. The number of ether oxygens (including phenoxy) is 1. The molecule has 0 aliphatic rings. The van der Waals surface area contributed by atoms with Crippen molar-refractivity contribution in [2.45, 2.75) is 19.9 Å². The Hall–Kier alpha value is -0.840. The van der Waals surface area contributed by atoms with Crippen LogP contribution in [0.5, 0.6) is 5.75 Å². The fraction of sp³-hybridized carbons (Fsp3) is 0.250. The molecule has 1 atom stereocenters. The van der Waals surface area contributed by atoms with Crippen molar-refractivity contribution in [3.8, 4) is 5.75 Å². The van der Waals surface area contributed by atoms with E-state index in [4.69, 9.17) is 10.5 Å². The fourth-order valence-electron chi connectivity index (χ4n) is 2.16. The lowest BCUT2D eigenvalue weighted by Gasteiger charge is -2.19. The van der Waals surface area contributed by atoms with Crippen LogP contribution in [0.1, 0.15) is 28.3 Å². The molecule has 106 valence electrons. The normalized spacial score (nSPS) is 12.3. The van der Waals surface area contributed by atoms with Crippen LogP contribution in [0.3, 0.4) is 0 Å². The molecule has 0 aliphatic heterocycles. The summed E-state index contributed by atoms with van der Waals surface area (Å²) in [5, 5.41) is 0. The molecule has 4 heteroatoms. The number of hydrogen-bond donors (Lipinski definition) is 1. The SMILES string of the molecule is COc1ccc(C)cc1C(N)c1cc(Br)c(C)cc1Br. The van der Waals surface area contributed by atoms with Crippen molar-refractivity contribution in [1.82, 2.24) is 0 Å². The van der Waals surface area contributed by atoms with Crippen LogP contribution in [-0.2, 0) is 0 Å². The Bertz CT molecular complexity index is 641. The van der Waals surface area contributed by atoms with Gasteiger partial charge in [-0.05, 0) is 43.2 Å². The summed E-state index contributed by atoms with van der Waals surface area (Å²) < 4.78 is 7.49. The minimum Gasteiger partial charge on any atom is -0.496 e. The monoisotopic (exact) mass is 397 g/mol. The van der Waals surface area contributed by atoms with Crippen LogP contribution in [0.15, 0.2) is 39.3 Å². The molecule has 0 fully saturated rings. The lowest BCUT2D eigenvalue weighted by molar-refractivity contribution is 0.407. The van der Waals surface area contributed by atoms with E-state index in [2.05, 4.69) is 63.9 Å². The number of rotatable bonds is 3. The summed E-state index contributed by atoms with van der Waals surface area (Å²) in [6, 6.07) is 9.95. The summed E-state index contributed by atoms with van der Waals surface area (Å²) in [4.78, 5) is 0. The zero-order valence-electron chi connectivity index (χ0n) is 11.7. The summed E-state index contributed by atoms with van der Waals surface area (Å²) >= 11 is 7.17. The fourth-order valence-corrected chi connectivity index (χ4v) is 3.23. The molecule has 0 radical (unpaired) electrons. The molecule has 1 unspecified atom stereocenters. The first kappa shape index (κ1) is 15.5. The van der Waals surface area contributed by atoms with Crippen LogP contribution >= 0.6 is 31.9 Å². The van der Waals surface area contributed by atoms with E-state index in [1.807, 2.05) is 12.1 Å². The third-order valence-corrected chi connectivity index (χ3v) is 4.87. The predicted molar refractivity (Wildman–Crippen MR) is 90.3 cm³/mol. The Labute approximate surface area is 136 Å². The molecule has 2 rings (SSSR count). The van der Waals surface area contributed by atoms with Crippen LogP contribution in [-0.4, -0.2) is 7.11 Å². The van der Waals surface area contributed by atoms with Gasteiger partial charge in [-0.2, -0.15) is 0 Å². The smallest absolute Gasteiger partial charge is 0.123 e. The molecule has 0 spiro atoms. The van der Waals surface area contributed by atoms with Crippen molar-refractivity contribution in [3.63, 3.8) is 0 Å². The molecule has 20 heavy (non-hydrogen) atoms. The second kappa shape index (κ2) is 6.29. The summed E-state index contributed by atoms with van der Waals surface area (Å²) in [7, 11) is 1.67. The van der Waals surface area contributed by atoms with Crippen molar-refractivity contribution in [2.24, 2.45) is 5.73 Å². The summed E-state index contributed by atoms with van der Waals surface area (Å²) in [5.74, 6) is 0.812. The van der Waals surface area contributed by atoms with Gasteiger partial charge < -0.3 is 10.5 Å². The Balaban J connectivity index is 2.54. The Morgan fingerprint density at radius 3 is 2.35 bits per heavy atom. The van der Waals surface area contributed by atoms with Crippen molar-refractivity contribution in [2.75, 3.05) is 7.11 Å². The van der Waals surface area contributed by atoms with Gasteiger partial charge in [-0.1, -0.05) is 49.6 Å². The molecule has 2 aromatic rings. The second-order valence-electron chi connectivity index (χ2n) is 4.85. The largest absolute Gasteiger partial charge is 0.496 e. The molecule has 0 aliphatic carbocycles. The Morgan fingerprint density at radius 1 is 1.00 bits per heavy atom. The van der Waals surface area contributed by atoms with Crippen molar-refractivity contribution in [3.05, 3.63) is 61.5 Å². The molecule has 0 amide bonds. The van der Waals surface area contributed by atoms with E-state index in [0.717, 1.165) is 25.8 Å². The quantitative estimate of drug-likeness (QED) is 0.799. The van der Waals surface area contributed by atoms with E-state index in [1.54, 1.807) is 7.11 Å². The highest BCUT2D eigenvalue weighted by Crippen LogP contribution is 2.35. The summed E-state index contributed by atoms with van der Waals surface area (Å²) in [6.45, 7) is 4.10. The molecular weight excluding hydrogens is 382 g/mol. The zero-order chi connectivity index (χ0) is 14.9. The van der Waals surface area contributed by atoms with Crippen molar-refractivity contribution >= 4 is 31.9 Å². The first-order valence-corrected chi connectivity index (χ1v) is 7.88. The minimum absolute atomic E-state index is 0.240. The lowest BCUT2D eigenvalue weighted by atomic mass is 9.96. The van der Waals surface area contributed by atoms with Gasteiger partial charge in [0.15, 0.2) is 0 Å². The minimum atomic E-state index is -0.240. The molecule has 0 saturated heterocycles.